The normalized spacial score (nSPS) is 11.4. The van der Waals surface area contributed by atoms with Crippen molar-refractivity contribution in [2.45, 2.75) is 13.0 Å². The van der Waals surface area contributed by atoms with Crippen LogP contribution < -0.4 is 10.1 Å². The highest BCUT2D eigenvalue weighted by molar-refractivity contribution is 14.1. The van der Waals surface area contributed by atoms with Crippen LogP contribution in [-0.4, -0.2) is 19.0 Å². The summed E-state index contributed by atoms with van der Waals surface area (Å²) in [6.07, 6.45) is -1.11. The number of hydrogen-bond acceptors (Lipinski definition) is 4. The Balaban J connectivity index is 1.90. The zero-order chi connectivity index (χ0) is 20.8. The Bertz CT molecular complexity index is 1020. The number of aryl methyl sites for hydroxylation is 1. The summed E-state index contributed by atoms with van der Waals surface area (Å²) in [4.78, 5) is 25.9. The van der Waals surface area contributed by atoms with Gasteiger partial charge in [0.1, 0.15) is 5.75 Å². The smallest absolute Gasteiger partial charge is 0.340 e. The van der Waals surface area contributed by atoms with Gasteiger partial charge in [-0.3, -0.25) is 4.79 Å². The molecule has 1 amide bonds. The van der Waals surface area contributed by atoms with Gasteiger partial charge < -0.3 is 14.8 Å². The molecule has 0 aliphatic rings. The van der Waals surface area contributed by atoms with E-state index in [1.54, 1.807) is 48.5 Å². The SMILES string of the molecule is COc1ccc(C)cc1NC(=O)[C@@H](OC(=O)c1ccccc1I)c1ccccc1. The van der Waals surface area contributed by atoms with Gasteiger partial charge in [-0.25, -0.2) is 4.79 Å². The lowest BCUT2D eigenvalue weighted by molar-refractivity contribution is -0.125. The van der Waals surface area contributed by atoms with Gasteiger partial charge in [0.15, 0.2) is 0 Å². The molecule has 3 aromatic carbocycles. The van der Waals surface area contributed by atoms with Gasteiger partial charge in [-0.15, -0.1) is 0 Å². The molecule has 0 heterocycles. The molecule has 0 fully saturated rings. The molecule has 3 aromatic rings. The summed E-state index contributed by atoms with van der Waals surface area (Å²) in [5.74, 6) is -0.491. The summed E-state index contributed by atoms with van der Waals surface area (Å²) in [6.45, 7) is 1.92. The third-order valence-electron chi connectivity index (χ3n) is 4.27. The zero-order valence-electron chi connectivity index (χ0n) is 16.0. The highest BCUT2D eigenvalue weighted by Gasteiger charge is 2.27. The Labute approximate surface area is 183 Å². The minimum atomic E-state index is -1.11. The number of halogens is 1. The Morgan fingerprint density at radius 2 is 1.66 bits per heavy atom. The van der Waals surface area contributed by atoms with Gasteiger partial charge in [-0.05, 0) is 59.3 Å². The maximum Gasteiger partial charge on any atom is 0.340 e. The van der Waals surface area contributed by atoms with Gasteiger partial charge in [-0.1, -0.05) is 48.5 Å². The molecule has 0 bridgehead atoms. The topological polar surface area (TPSA) is 64.6 Å². The number of rotatable bonds is 6. The van der Waals surface area contributed by atoms with Crippen LogP contribution in [0.25, 0.3) is 0 Å². The number of methoxy groups -OCH3 is 1. The van der Waals surface area contributed by atoms with E-state index >= 15 is 0 Å². The highest BCUT2D eigenvalue weighted by atomic mass is 127. The number of anilines is 1. The first-order valence-corrected chi connectivity index (χ1v) is 10.0. The molecule has 0 unspecified atom stereocenters. The van der Waals surface area contributed by atoms with Gasteiger partial charge in [0.05, 0.1) is 18.4 Å². The highest BCUT2D eigenvalue weighted by Crippen LogP contribution is 2.28. The second-order valence-electron chi connectivity index (χ2n) is 6.37. The van der Waals surface area contributed by atoms with Crippen molar-refractivity contribution in [3.8, 4) is 5.75 Å². The van der Waals surface area contributed by atoms with Gasteiger partial charge in [-0.2, -0.15) is 0 Å². The lowest BCUT2D eigenvalue weighted by atomic mass is 10.1. The molecular weight excluding hydrogens is 481 g/mol. The van der Waals surface area contributed by atoms with Crippen LogP contribution in [0.2, 0.25) is 0 Å². The van der Waals surface area contributed by atoms with Crippen molar-refractivity contribution in [3.05, 3.63) is 93.1 Å². The fourth-order valence-electron chi connectivity index (χ4n) is 2.82. The first kappa shape index (κ1) is 20.9. The van der Waals surface area contributed by atoms with E-state index in [-0.39, 0.29) is 0 Å². The molecule has 0 aromatic heterocycles. The Morgan fingerprint density at radius 3 is 2.34 bits per heavy atom. The molecule has 3 rings (SSSR count). The van der Waals surface area contributed by atoms with Crippen LogP contribution in [0.1, 0.15) is 27.6 Å². The average molecular weight is 501 g/mol. The summed E-state index contributed by atoms with van der Waals surface area (Å²) in [6, 6.07) is 21.5. The molecule has 0 spiro atoms. The largest absolute Gasteiger partial charge is 0.495 e. The number of carbonyl (C=O) groups excluding carboxylic acids is 2. The van der Waals surface area contributed by atoms with Crippen LogP contribution in [-0.2, 0) is 9.53 Å². The molecule has 0 saturated carbocycles. The van der Waals surface area contributed by atoms with Crippen molar-refractivity contribution in [1.82, 2.24) is 0 Å². The molecule has 0 radical (unpaired) electrons. The molecule has 0 aliphatic heterocycles. The van der Waals surface area contributed by atoms with Gasteiger partial charge >= 0.3 is 5.97 Å². The van der Waals surface area contributed by atoms with E-state index in [0.717, 1.165) is 9.13 Å². The molecule has 1 N–H and O–H groups in total. The predicted molar refractivity (Wildman–Crippen MR) is 120 cm³/mol. The average Bonchev–Trinajstić information content (AvgIpc) is 2.73. The first-order valence-electron chi connectivity index (χ1n) is 8.95. The standard InChI is InChI=1S/C23H20INO4/c1-15-12-13-20(28-2)19(14-15)25-22(26)21(16-8-4-3-5-9-16)29-23(27)17-10-6-7-11-18(17)24/h3-14,21H,1-2H3,(H,25,26)/t21-/m0/s1. The Morgan fingerprint density at radius 1 is 0.966 bits per heavy atom. The second kappa shape index (κ2) is 9.56. The monoisotopic (exact) mass is 501 g/mol. The molecule has 29 heavy (non-hydrogen) atoms. The molecule has 0 saturated heterocycles. The quantitative estimate of drug-likeness (QED) is 0.375. The number of benzene rings is 3. The van der Waals surface area contributed by atoms with E-state index in [2.05, 4.69) is 27.9 Å². The van der Waals surface area contributed by atoms with Crippen molar-refractivity contribution in [2.75, 3.05) is 12.4 Å². The number of nitrogens with one attached hydrogen (secondary N) is 1. The van der Waals surface area contributed by atoms with E-state index in [9.17, 15) is 9.59 Å². The first-order chi connectivity index (χ1) is 14.0. The lowest BCUT2D eigenvalue weighted by Gasteiger charge is -2.19. The third-order valence-corrected chi connectivity index (χ3v) is 5.21. The molecule has 6 heteroatoms. The van der Waals surface area contributed by atoms with Crippen molar-refractivity contribution < 1.29 is 19.1 Å². The van der Waals surface area contributed by atoms with E-state index in [1.807, 2.05) is 31.2 Å². The van der Waals surface area contributed by atoms with Gasteiger partial charge in [0, 0.05) is 9.13 Å². The molecule has 148 valence electrons. The summed E-state index contributed by atoms with van der Waals surface area (Å²) in [5.41, 5.74) is 2.47. The van der Waals surface area contributed by atoms with E-state index in [1.165, 1.54) is 7.11 Å². The van der Waals surface area contributed by atoms with Crippen LogP contribution in [0, 0.1) is 10.5 Å². The summed E-state index contributed by atoms with van der Waals surface area (Å²) < 4.78 is 11.7. The number of carbonyl (C=O) groups is 2. The van der Waals surface area contributed by atoms with E-state index < -0.39 is 18.0 Å². The maximum absolute atomic E-state index is 13.1. The van der Waals surface area contributed by atoms with Crippen molar-refractivity contribution in [2.24, 2.45) is 0 Å². The van der Waals surface area contributed by atoms with Crippen molar-refractivity contribution in [3.63, 3.8) is 0 Å². The summed E-state index contributed by atoms with van der Waals surface area (Å²) in [7, 11) is 1.53. The fraction of sp³-hybridized carbons (Fsp3) is 0.130. The number of amides is 1. The van der Waals surface area contributed by atoms with Crippen molar-refractivity contribution in [1.29, 1.82) is 0 Å². The fourth-order valence-corrected chi connectivity index (χ4v) is 3.42. The van der Waals surface area contributed by atoms with E-state index in [0.29, 0.717) is 22.6 Å². The number of ether oxygens (including phenoxy) is 2. The molecule has 5 nitrogen and oxygen atoms in total. The summed E-state index contributed by atoms with van der Waals surface area (Å²) >= 11 is 2.07. The van der Waals surface area contributed by atoms with Crippen LogP contribution in [0.15, 0.2) is 72.8 Å². The zero-order valence-corrected chi connectivity index (χ0v) is 18.2. The second-order valence-corrected chi connectivity index (χ2v) is 7.53. The Kier molecular flexibility index (Phi) is 6.87. The lowest BCUT2D eigenvalue weighted by Crippen LogP contribution is -2.26. The van der Waals surface area contributed by atoms with Crippen molar-refractivity contribution >= 4 is 40.2 Å². The van der Waals surface area contributed by atoms with Crippen LogP contribution in [0.3, 0.4) is 0 Å². The minimum absolute atomic E-state index is 0.412. The number of hydrogen-bond donors (Lipinski definition) is 1. The molecular formula is C23H20INO4. The predicted octanol–water partition coefficient (Wildman–Crippen LogP) is 5.15. The molecule has 0 aliphatic carbocycles. The molecule has 1 atom stereocenters. The number of esters is 1. The van der Waals surface area contributed by atoms with E-state index in [4.69, 9.17) is 9.47 Å². The minimum Gasteiger partial charge on any atom is -0.495 e. The van der Waals surface area contributed by atoms with Gasteiger partial charge in [0.25, 0.3) is 5.91 Å². The van der Waals surface area contributed by atoms with Gasteiger partial charge in [0.2, 0.25) is 6.10 Å². The third kappa shape index (κ3) is 5.14. The van der Waals surface area contributed by atoms with Crippen LogP contribution in [0.5, 0.6) is 5.75 Å². The Hall–Kier alpha value is -2.87. The maximum atomic E-state index is 13.1. The van der Waals surface area contributed by atoms with Crippen LogP contribution in [0.4, 0.5) is 5.69 Å². The summed E-state index contributed by atoms with van der Waals surface area (Å²) in [5, 5.41) is 2.83. The van der Waals surface area contributed by atoms with Crippen LogP contribution >= 0.6 is 22.6 Å².